The molecule has 1 aliphatic carbocycles. The molecule has 1 fully saturated rings. The molecular weight excluding hydrogens is 476 g/mol. The second kappa shape index (κ2) is 10.9. The smallest absolute Gasteiger partial charge is 0.416 e. The first-order valence-electron chi connectivity index (χ1n) is 11.3. The fraction of sp³-hybridized carbons (Fsp3) is 0.269. The average Bonchev–Trinajstić information content (AvgIpc) is 3.61. The number of carboxylic acid groups (broad SMARTS) is 1. The molecule has 1 saturated carbocycles. The molecule has 1 aliphatic rings. The molecule has 4 aromatic rings. The number of nitrogens with zero attached hydrogens (tertiary/aromatic N) is 3. The Morgan fingerprint density at radius 3 is 2.61 bits per heavy atom. The summed E-state index contributed by atoms with van der Waals surface area (Å²) in [5.74, 6) is -0.663. The largest absolute Gasteiger partial charge is 0.662 e. The van der Waals surface area contributed by atoms with Crippen LogP contribution in [0.15, 0.2) is 61.1 Å². The minimum atomic E-state index is -4.50. The molecule has 0 spiro atoms. The van der Waals surface area contributed by atoms with E-state index in [4.69, 9.17) is 5.11 Å². The predicted octanol–water partition coefficient (Wildman–Crippen LogP) is 6.49. The minimum absolute atomic E-state index is 0.0559. The summed E-state index contributed by atoms with van der Waals surface area (Å²) in [5.41, 5.74) is 0.873. The van der Waals surface area contributed by atoms with E-state index in [0.717, 1.165) is 48.5 Å². The van der Waals surface area contributed by atoms with Gasteiger partial charge in [-0.3, -0.25) is 4.98 Å². The number of carbonyl (C=O) groups is 1. The third kappa shape index (κ3) is 6.45. The third-order valence-electron chi connectivity index (χ3n) is 5.72. The maximum absolute atomic E-state index is 13.2. The second-order valence-electron chi connectivity index (χ2n) is 8.46. The highest BCUT2D eigenvalue weighted by atomic mass is 19.4. The summed E-state index contributed by atoms with van der Waals surface area (Å²) in [4.78, 5) is 21.5. The van der Waals surface area contributed by atoms with Crippen LogP contribution in [0.2, 0.25) is 0 Å². The Bertz CT molecular complexity index is 1350. The minimum Gasteiger partial charge on any atom is -0.662 e. The zero-order chi connectivity index (χ0) is 25.7. The van der Waals surface area contributed by atoms with Crippen LogP contribution < -0.4 is 0 Å². The molecular formula is C26H23F4N4O2-. The molecule has 2 aromatic heterocycles. The van der Waals surface area contributed by atoms with E-state index in [9.17, 15) is 22.4 Å². The van der Waals surface area contributed by atoms with Crippen molar-refractivity contribution in [2.75, 3.05) is 13.1 Å². The number of aromatic nitrogens is 3. The van der Waals surface area contributed by atoms with Gasteiger partial charge in [0, 0.05) is 35.1 Å². The fourth-order valence-corrected chi connectivity index (χ4v) is 3.68. The molecule has 2 N–H and O–H groups in total. The Hall–Kier alpha value is -3.79. The van der Waals surface area contributed by atoms with Crippen molar-refractivity contribution in [1.82, 2.24) is 15.0 Å². The maximum atomic E-state index is 13.2. The third-order valence-corrected chi connectivity index (χ3v) is 5.72. The number of hydrogen-bond acceptors (Lipinski definition) is 3. The Kier molecular flexibility index (Phi) is 7.64. The Labute approximate surface area is 204 Å². The monoisotopic (exact) mass is 499 g/mol. The Morgan fingerprint density at radius 2 is 1.89 bits per heavy atom. The van der Waals surface area contributed by atoms with E-state index >= 15 is 0 Å². The molecule has 0 unspecified atom stereocenters. The number of H-pyrrole nitrogens is 1. The second-order valence-corrected chi connectivity index (χ2v) is 8.46. The van der Waals surface area contributed by atoms with Crippen molar-refractivity contribution in [2.45, 2.75) is 25.4 Å². The average molecular weight is 499 g/mol. The van der Waals surface area contributed by atoms with E-state index in [1.807, 2.05) is 6.20 Å². The highest BCUT2D eigenvalue weighted by Crippen LogP contribution is 2.32. The maximum Gasteiger partial charge on any atom is 0.416 e. The molecule has 0 radical (unpaired) electrons. The number of halogens is 4. The lowest BCUT2D eigenvalue weighted by molar-refractivity contribution is -0.137. The summed E-state index contributed by atoms with van der Waals surface area (Å²) in [6.45, 7) is 1.86. The highest BCUT2D eigenvalue weighted by molar-refractivity contribution is 5.92. The van der Waals surface area contributed by atoms with Crippen molar-refractivity contribution in [3.8, 4) is 11.3 Å². The molecule has 188 valence electrons. The van der Waals surface area contributed by atoms with Crippen LogP contribution in [0.5, 0.6) is 0 Å². The lowest BCUT2D eigenvalue weighted by atomic mass is 10.1. The predicted molar refractivity (Wildman–Crippen MR) is 127 cm³/mol. The summed E-state index contributed by atoms with van der Waals surface area (Å²) < 4.78 is 50.9. The zero-order valence-electron chi connectivity index (χ0n) is 19.1. The zero-order valence-corrected chi connectivity index (χ0v) is 19.1. The van der Waals surface area contributed by atoms with Crippen LogP contribution in [-0.4, -0.2) is 39.1 Å². The normalized spacial score (nSPS) is 13.3. The van der Waals surface area contributed by atoms with Gasteiger partial charge in [0.2, 0.25) is 0 Å². The van der Waals surface area contributed by atoms with Crippen LogP contribution in [0.3, 0.4) is 0 Å². The highest BCUT2D eigenvalue weighted by Gasteiger charge is 2.31. The summed E-state index contributed by atoms with van der Waals surface area (Å²) in [6.07, 6.45) is 3.46. The lowest BCUT2D eigenvalue weighted by Gasteiger charge is -2.17. The molecule has 2 aromatic carbocycles. The van der Waals surface area contributed by atoms with E-state index in [0.29, 0.717) is 0 Å². The van der Waals surface area contributed by atoms with Crippen LogP contribution in [0.1, 0.15) is 34.5 Å². The molecule has 0 bridgehead atoms. The first-order valence-corrected chi connectivity index (χ1v) is 11.3. The number of carboxylic acids is 1. The van der Waals surface area contributed by atoms with Crippen LogP contribution in [0.4, 0.5) is 17.6 Å². The molecule has 0 atom stereocenters. The van der Waals surface area contributed by atoms with Crippen molar-refractivity contribution >= 4 is 16.9 Å². The number of benzene rings is 2. The molecule has 5 rings (SSSR count). The molecule has 10 heteroatoms. The standard InChI is InChI=1S/C14H16FN2.C12H7F3N2O2/c15-12-3-4-14-13(7-12)11(9-17-14)5-6-16-8-10-1-2-10;13-12(14,15)8-3-1-2-7(6-8)9-10(11(18)19)17-5-4-16-9/h3-4,7,9-10,17H,1-2,5-6,8H2;1-6H,(H,18,19)/q-1;. The number of aromatic amines is 1. The summed E-state index contributed by atoms with van der Waals surface area (Å²) in [5, 5.41) is 14.5. The number of aromatic carboxylic acids is 1. The number of nitrogens with one attached hydrogen (secondary N) is 1. The first kappa shape index (κ1) is 25.3. The van der Waals surface area contributed by atoms with Crippen molar-refractivity contribution < 1.29 is 27.5 Å². The van der Waals surface area contributed by atoms with Gasteiger partial charge in [0.05, 0.1) is 5.56 Å². The van der Waals surface area contributed by atoms with Crippen LogP contribution in [-0.2, 0) is 12.6 Å². The van der Waals surface area contributed by atoms with E-state index in [1.54, 1.807) is 12.1 Å². The molecule has 0 amide bonds. The first-order chi connectivity index (χ1) is 17.2. The quantitative estimate of drug-likeness (QED) is 0.224. The molecule has 2 heterocycles. The van der Waals surface area contributed by atoms with Crippen LogP contribution in [0, 0.1) is 11.7 Å². The van der Waals surface area contributed by atoms with E-state index < -0.39 is 17.7 Å². The van der Waals surface area contributed by atoms with Gasteiger partial charge >= 0.3 is 12.1 Å². The van der Waals surface area contributed by atoms with E-state index in [2.05, 4.69) is 20.3 Å². The van der Waals surface area contributed by atoms with Crippen molar-refractivity contribution in [3.05, 3.63) is 89.0 Å². The Morgan fingerprint density at radius 1 is 1.11 bits per heavy atom. The van der Waals surface area contributed by atoms with Gasteiger partial charge in [0.25, 0.3) is 0 Å². The summed E-state index contributed by atoms with van der Waals surface area (Å²) in [7, 11) is 0. The summed E-state index contributed by atoms with van der Waals surface area (Å²) >= 11 is 0. The van der Waals surface area contributed by atoms with Gasteiger partial charge in [-0.05, 0) is 42.3 Å². The molecule has 0 aliphatic heterocycles. The SMILES string of the molecule is Fc1ccc2[nH]cc(CC[N-]CC3CC3)c2c1.O=C(O)c1nccnc1-c1cccc(C(F)(F)F)c1. The Balaban J connectivity index is 0.000000170. The van der Waals surface area contributed by atoms with Gasteiger partial charge in [-0.2, -0.15) is 13.2 Å². The molecule has 36 heavy (non-hydrogen) atoms. The topological polar surface area (TPSA) is 93.0 Å². The van der Waals surface area contributed by atoms with Gasteiger partial charge in [0.15, 0.2) is 5.69 Å². The van der Waals surface area contributed by atoms with Gasteiger partial charge < -0.3 is 15.4 Å². The van der Waals surface area contributed by atoms with E-state index in [-0.39, 0.29) is 22.8 Å². The van der Waals surface area contributed by atoms with Crippen LogP contribution >= 0.6 is 0 Å². The van der Waals surface area contributed by atoms with Crippen molar-refractivity contribution in [1.29, 1.82) is 0 Å². The molecule has 0 saturated heterocycles. The summed E-state index contributed by atoms with van der Waals surface area (Å²) in [6, 6.07) is 9.17. The number of alkyl halides is 3. The van der Waals surface area contributed by atoms with Gasteiger partial charge in [-0.25, -0.2) is 14.2 Å². The van der Waals surface area contributed by atoms with Gasteiger partial charge in [0.1, 0.15) is 11.5 Å². The number of rotatable bonds is 7. The van der Waals surface area contributed by atoms with Gasteiger partial charge in [-0.15, -0.1) is 13.1 Å². The lowest BCUT2D eigenvalue weighted by Crippen LogP contribution is -2.07. The fourth-order valence-electron chi connectivity index (χ4n) is 3.68. The van der Waals surface area contributed by atoms with Crippen molar-refractivity contribution in [2.24, 2.45) is 5.92 Å². The number of fused-ring (bicyclic) bond motifs is 1. The number of hydrogen-bond donors (Lipinski definition) is 2. The van der Waals surface area contributed by atoms with E-state index in [1.165, 1.54) is 49.0 Å². The molecule has 6 nitrogen and oxygen atoms in total. The van der Waals surface area contributed by atoms with Gasteiger partial charge in [-0.1, -0.05) is 30.9 Å². The van der Waals surface area contributed by atoms with Crippen molar-refractivity contribution in [3.63, 3.8) is 0 Å². The van der Waals surface area contributed by atoms with Crippen LogP contribution in [0.25, 0.3) is 27.5 Å².